The molecular weight excluding hydrogens is 905 g/mol. The van der Waals surface area contributed by atoms with E-state index in [4.69, 9.17) is 24.8 Å². The van der Waals surface area contributed by atoms with Crippen LogP contribution in [0.2, 0.25) is 0 Å². The summed E-state index contributed by atoms with van der Waals surface area (Å²) >= 11 is 2.26. The van der Waals surface area contributed by atoms with Crippen molar-refractivity contribution in [1.29, 1.82) is 0 Å². The molecule has 346 valence electrons. The molecule has 3 heterocycles. The third-order valence-electron chi connectivity index (χ3n) is 10.5. The predicted octanol–water partition coefficient (Wildman–Crippen LogP) is 9.46. The number of fused-ring (bicyclic) bond motifs is 2. The quantitative estimate of drug-likeness (QED) is 0.0332. The topological polar surface area (TPSA) is 252 Å². The lowest BCUT2D eigenvalue weighted by Crippen LogP contribution is -2.31. The van der Waals surface area contributed by atoms with Gasteiger partial charge in [-0.25, -0.2) is 0 Å². The molecule has 7 aromatic rings. The van der Waals surface area contributed by atoms with Crippen molar-refractivity contribution in [3.63, 3.8) is 0 Å². The van der Waals surface area contributed by atoms with Crippen LogP contribution in [-0.2, 0) is 10.1 Å². The van der Waals surface area contributed by atoms with Crippen LogP contribution in [-0.4, -0.2) is 106 Å². The fourth-order valence-electron chi connectivity index (χ4n) is 7.09. The molecule has 7 rings (SSSR count). The number of hydrogen-bond donors (Lipinski definition) is 5. The lowest BCUT2D eigenvalue weighted by atomic mass is 10.2. The summed E-state index contributed by atoms with van der Waals surface area (Å²) in [6, 6.07) is 20.1. The molecule has 0 atom stereocenters. The van der Waals surface area contributed by atoms with Gasteiger partial charge in [-0.2, -0.15) is 32.1 Å². The van der Waals surface area contributed by atoms with E-state index in [0.717, 1.165) is 65.6 Å². The summed E-state index contributed by atoms with van der Waals surface area (Å²) in [6.07, 6.45) is 0. The highest BCUT2D eigenvalue weighted by Crippen LogP contribution is 2.40. The summed E-state index contributed by atoms with van der Waals surface area (Å²) in [4.78, 5) is 19.9. The molecule has 0 saturated carbocycles. The number of ether oxygens (including phenoxy) is 1. The van der Waals surface area contributed by atoms with Crippen LogP contribution in [0.15, 0.2) is 92.1 Å². The molecule has 23 heteroatoms. The second-order valence-electron chi connectivity index (χ2n) is 14.6. The van der Waals surface area contributed by atoms with Gasteiger partial charge in [-0.05, 0) is 118 Å². The largest absolute Gasteiger partial charge is 0.495 e. The average Bonchev–Trinajstić information content (AvgIpc) is 3.91. The van der Waals surface area contributed by atoms with E-state index >= 15 is 0 Å². The van der Waals surface area contributed by atoms with Crippen molar-refractivity contribution >= 4 is 117 Å². The Balaban J connectivity index is 1.32. The standard InChI is InChI=1S/C43H50N14O6S3/c1-7-55(8-2)27-12-15-32(49-51-39-29-21-26(5)11-14-31(29)53-64-39)35(22-27)44-41-46-42(48-43(47-41)57(17-19-58)18-20-59)45-36-23-28(56(9-3)10-4)13-16-33(36)50-52-40-30-24-37(63-6)38(66(60,61)62)25-34(30)54-65-40/h11-16,21-25,58-59H,7-10,17-20H2,1-6H3,(H,60,61,62)(H2,44,45,46,47,48)/b51-49+,52-50+. The first kappa shape index (κ1) is 47.5. The lowest BCUT2D eigenvalue weighted by molar-refractivity contribution is 0.280. The van der Waals surface area contributed by atoms with Crippen molar-refractivity contribution in [1.82, 2.24) is 23.7 Å². The van der Waals surface area contributed by atoms with Crippen LogP contribution in [0, 0.1) is 6.92 Å². The zero-order valence-corrected chi connectivity index (χ0v) is 39.6. The molecule has 0 spiro atoms. The van der Waals surface area contributed by atoms with E-state index in [1.807, 2.05) is 55.5 Å². The van der Waals surface area contributed by atoms with E-state index < -0.39 is 15.0 Å². The number of aromatic nitrogens is 5. The Morgan fingerprint density at radius 3 is 1.65 bits per heavy atom. The van der Waals surface area contributed by atoms with E-state index in [0.29, 0.717) is 38.1 Å². The molecule has 4 aromatic carbocycles. The van der Waals surface area contributed by atoms with Gasteiger partial charge < -0.3 is 40.3 Å². The summed E-state index contributed by atoms with van der Waals surface area (Å²) in [5.41, 5.74) is 5.97. The van der Waals surface area contributed by atoms with Crippen molar-refractivity contribution in [3.8, 4) is 5.75 Å². The number of azo groups is 2. The van der Waals surface area contributed by atoms with Crippen molar-refractivity contribution in [2.24, 2.45) is 20.5 Å². The second kappa shape index (κ2) is 21.2. The fourth-order valence-corrected chi connectivity index (χ4v) is 9.10. The summed E-state index contributed by atoms with van der Waals surface area (Å²) in [5.74, 6) is 0.340. The Labute approximate surface area is 389 Å². The van der Waals surface area contributed by atoms with Crippen LogP contribution in [0.25, 0.3) is 21.8 Å². The van der Waals surface area contributed by atoms with Crippen molar-refractivity contribution in [2.75, 3.05) is 84.9 Å². The minimum absolute atomic E-state index is 0.0717. The van der Waals surface area contributed by atoms with Gasteiger partial charge in [0.15, 0.2) is 10.0 Å². The van der Waals surface area contributed by atoms with E-state index in [1.165, 1.54) is 30.8 Å². The number of aryl methyl sites for hydroxylation is 1. The van der Waals surface area contributed by atoms with Crippen molar-refractivity contribution in [2.45, 2.75) is 39.5 Å². The van der Waals surface area contributed by atoms with Gasteiger partial charge >= 0.3 is 0 Å². The zero-order valence-electron chi connectivity index (χ0n) is 37.2. The Morgan fingerprint density at radius 1 is 0.652 bits per heavy atom. The number of aliphatic hydroxyl groups excluding tert-OH is 2. The predicted molar refractivity (Wildman–Crippen MR) is 261 cm³/mol. The molecule has 3 aromatic heterocycles. The number of nitrogens with zero attached hydrogens (tertiary/aromatic N) is 12. The maximum atomic E-state index is 12.0. The smallest absolute Gasteiger partial charge is 0.298 e. The van der Waals surface area contributed by atoms with E-state index in [-0.39, 0.29) is 55.4 Å². The molecule has 5 N–H and O–H groups in total. The molecular formula is C43H50N14O6S3. The fraction of sp³-hybridized carbons (Fsp3) is 0.326. The highest BCUT2D eigenvalue weighted by molar-refractivity contribution is 7.86. The van der Waals surface area contributed by atoms with Gasteiger partial charge in [0.25, 0.3) is 10.1 Å². The van der Waals surface area contributed by atoms with Gasteiger partial charge in [-0.15, -0.1) is 20.5 Å². The Morgan fingerprint density at radius 2 is 1.17 bits per heavy atom. The van der Waals surface area contributed by atoms with Crippen LogP contribution in [0.5, 0.6) is 5.75 Å². The molecule has 0 saturated heterocycles. The number of hydrogen-bond acceptors (Lipinski definition) is 21. The third-order valence-corrected chi connectivity index (χ3v) is 12.9. The maximum Gasteiger partial charge on any atom is 0.298 e. The molecule has 0 fully saturated rings. The first-order valence-corrected chi connectivity index (χ1v) is 24.1. The van der Waals surface area contributed by atoms with Crippen LogP contribution in [0.3, 0.4) is 0 Å². The van der Waals surface area contributed by atoms with E-state index in [9.17, 15) is 23.2 Å². The SMILES string of the molecule is CCN(CC)c1ccc(/N=N/c2snc3ccc(C)cc23)c(Nc2nc(Nc3cc(N(CC)CC)ccc3/N=N/c3snc4cc(S(=O)(=O)O)c(OC)cc34)nc(N(CCO)CCO)n2)c1. The summed E-state index contributed by atoms with van der Waals surface area (Å²) < 4.78 is 48.0. The highest BCUT2D eigenvalue weighted by Gasteiger charge is 2.22. The van der Waals surface area contributed by atoms with Gasteiger partial charge in [0.1, 0.15) is 22.0 Å². The van der Waals surface area contributed by atoms with Gasteiger partial charge in [-0.1, -0.05) is 11.6 Å². The van der Waals surface area contributed by atoms with Gasteiger partial charge in [0.05, 0.1) is 42.7 Å². The molecule has 0 unspecified atom stereocenters. The van der Waals surface area contributed by atoms with E-state index in [2.05, 4.69) is 72.2 Å². The zero-order chi connectivity index (χ0) is 47.0. The molecule has 66 heavy (non-hydrogen) atoms. The Hall–Kier alpha value is -6.50. The summed E-state index contributed by atoms with van der Waals surface area (Å²) in [6.45, 7) is 13.0. The van der Waals surface area contributed by atoms with Crippen LogP contribution in [0.1, 0.15) is 33.3 Å². The second-order valence-corrected chi connectivity index (χ2v) is 17.5. The molecule has 0 aliphatic heterocycles. The van der Waals surface area contributed by atoms with Crippen LogP contribution < -0.4 is 30.1 Å². The first-order chi connectivity index (χ1) is 31.9. The minimum Gasteiger partial charge on any atom is -0.495 e. The van der Waals surface area contributed by atoms with Crippen molar-refractivity contribution in [3.05, 3.63) is 72.3 Å². The summed E-state index contributed by atoms with van der Waals surface area (Å²) in [7, 11) is -3.29. The molecule has 0 aliphatic rings. The highest BCUT2D eigenvalue weighted by atomic mass is 32.2. The van der Waals surface area contributed by atoms with Crippen LogP contribution >= 0.6 is 23.1 Å². The molecule has 0 aliphatic carbocycles. The van der Waals surface area contributed by atoms with E-state index in [1.54, 1.807) is 11.0 Å². The van der Waals surface area contributed by atoms with Gasteiger partial charge in [0.2, 0.25) is 17.8 Å². The monoisotopic (exact) mass is 954 g/mol. The Kier molecular flexibility index (Phi) is 15.3. The lowest BCUT2D eigenvalue weighted by Gasteiger charge is -2.24. The number of methoxy groups -OCH3 is 1. The maximum absolute atomic E-state index is 12.0. The minimum atomic E-state index is -4.59. The average molecular weight is 955 g/mol. The third kappa shape index (κ3) is 10.8. The number of aliphatic hydroxyl groups is 2. The van der Waals surface area contributed by atoms with Gasteiger partial charge in [0, 0.05) is 61.4 Å². The molecule has 0 amide bonds. The molecule has 0 bridgehead atoms. The van der Waals surface area contributed by atoms with Crippen LogP contribution in [0.4, 0.5) is 62.0 Å². The van der Waals surface area contributed by atoms with Crippen molar-refractivity contribution < 1.29 is 27.9 Å². The number of nitrogens with one attached hydrogen (secondary N) is 2. The normalized spacial score (nSPS) is 11.9. The molecule has 0 radical (unpaired) electrons. The number of anilines is 7. The van der Waals surface area contributed by atoms with Gasteiger partial charge in [-0.3, -0.25) is 4.55 Å². The number of rotatable bonds is 21. The number of benzene rings is 4. The summed E-state index contributed by atoms with van der Waals surface area (Å²) in [5, 5.41) is 47.7. The molecule has 20 nitrogen and oxygen atoms in total. The first-order valence-electron chi connectivity index (χ1n) is 21.1. The Bertz CT molecular complexity index is 2990.